The maximum Gasteiger partial charge on any atom is 0.265 e. The lowest BCUT2D eigenvalue weighted by Crippen LogP contribution is -2.48. The molecule has 1 unspecified atom stereocenters. The molecule has 3 rings (SSSR count). The molecule has 2 aromatic rings. The molecule has 26 heavy (non-hydrogen) atoms. The van der Waals surface area contributed by atoms with Crippen LogP contribution in [0.5, 0.6) is 0 Å². The van der Waals surface area contributed by atoms with E-state index in [1.165, 1.54) is 26.7 Å². The van der Waals surface area contributed by atoms with Gasteiger partial charge >= 0.3 is 0 Å². The van der Waals surface area contributed by atoms with Gasteiger partial charge in [0.1, 0.15) is 10.6 Å². The summed E-state index contributed by atoms with van der Waals surface area (Å²) >= 11 is 0. The molecule has 1 aromatic heterocycles. The first kappa shape index (κ1) is 18.6. The number of hydrogen-bond donors (Lipinski definition) is 2. The van der Waals surface area contributed by atoms with Crippen molar-refractivity contribution in [3.63, 3.8) is 0 Å². The Morgan fingerprint density at radius 2 is 2.00 bits per heavy atom. The molecule has 1 aromatic carbocycles. The van der Waals surface area contributed by atoms with Gasteiger partial charge in [-0.2, -0.15) is 4.31 Å². The summed E-state index contributed by atoms with van der Waals surface area (Å²) in [5.41, 5.74) is 7.64. The van der Waals surface area contributed by atoms with Crippen LogP contribution in [0.2, 0.25) is 0 Å². The van der Waals surface area contributed by atoms with Gasteiger partial charge in [0, 0.05) is 32.9 Å². The lowest BCUT2D eigenvalue weighted by atomic mass is 10.0. The molecule has 7 nitrogen and oxygen atoms in total. The van der Waals surface area contributed by atoms with Crippen LogP contribution in [0, 0.1) is 0 Å². The highest BCUT2D eigenvalue weighted by Crippen LogP contribution is 2.29. The predicted molar refractivity (Wildman–Crippen MR) is 99.3 cm³/mol. The minimum Gasteiger partial charge on any atom is -0.364 e. The minimum atomic E-state index is -3.75. The van der Waals surface area contributed by atoms with E-state index in [4.69, 9.17) is 5.73 Å². The van der Waals surface area contributed by atoms with Gasteiger partial charge in [-0.3, -0.25) is 4.79 Å². The van der Waals surface area contributed by atoms with Crippen molar-refractivity contribution in [2.24, 2.45) is 12.8 Å². The van der Waals surface area contributed by atoms with Gasteiger partial charge in [-0.1, -0.05) is 31.2 Å². The Kier molecular flexibility index (Phi) is 5.17. The van der Waals surface area contributed by atoms with Gasteiger partial charge in [-0.15, -0.1) is 0 Å². The van der Waals surface area contributed by atoms with Gasteiger partial charge in [-0.25, -0.2) is 8.42 Å². The van der Waals surface area contributed by atoms with Gasteiger partial charge in [0.05, 0.1) is 6.04 Å². The summed E-state index contributed by atoms with van der Waals surface area (Å²) in [6.45, 7) is 3.57. The highest BCUT2D eigenvalue weighted by molar-refractivity contribution is 7.89. The third kappa shape index (κ3) is 3.40. The Bertz CT molecular complexity index is 903. The Morgan fingerprint density at radius 3 is 2.58 bits per heavy atom. The van der Waals surface area contributed by atoms with Crippen molar-refractivity contribution in [3.05, 3.63) is 53.3 Å². The van der Waals surface area contributed by atoms with Crippen LogP contribution < -0.4 is 11.1 Å². The highest BCUT2D eigenvalue weighted by atomic mass is 32.2. The monoisotopic (exact) mass is 376 g/mol. The highest BCUT2D eigenvalue weighted by Gasteiger charge is 2.35. The second kappa shape index (κ2) is 7.22. The average Bonchev–Trinajstić information content (AvgIpc) is 3.05. The fourth-order valence-electron chi connectivity index (χ4n) is 3.29. The standard InChI is InChI=1S/C18H24N4O3S/c1-3-13-4-6-14(7-5-13)17-11-20-8-9-22(17)26(24,25)15-10-16(18(19)23)21(2)12-15/h4-7,10,12,17,20H,3,8-9,11H2,1-2H3,(H2,19,23). The van der Waals surface area contributed by atoms with E-state index in [1.807, 2.05) is 24.3 Å². The quantitative estimate of drug-likeness (QED) is 0.814. The second-order valence-electron chi connectivity index (χ2n) is 6.47. The molecule has 8 heteroatoms. The number of nitrogens with one attached hydrogen (secondary N) is 1. The summed E-state index contributed by atoms with van der Waals surface area (Å²) < 4.78 is 29.4. The molecule has 0 spiro atoms. The van der Waals surface area contributed by atoms with E-state index < -0.39 is 15.9 Å². The number of sulfonamides is 1. The molecule has 1 aliphatic rings. The fourth-order valence-corrected chi connectivity index (χ4v) is 4.97. The van der Waals surface area contributed by atoms with Gasteiger partial charge in [-0.05, 0) is 23.6 Å². The molecule has 140 valence electrons. The summed E-state index contributed by atoms with van der Waals surface area (Å²) in [4.78, 5) is 11.6. The summed E-state index contributed by atoms with van der Waals surface area (Å²) in [7, 11) is -2.14. The van der Waals surface area contributed by atoms with E-state index in [-0.39, 0.29) is 16.6 Å². The zero-order chi connectivity index (χ0) is 18.9. The van der Waals surface area contributed by atoms with Crippen LogP contribution in [-0.2, 0) is 23.5 Å². The van der Waals surface area contributed by atoms with Crippen LogP contribution in [0.1, 0.15) is 34.6 Å². The number of amides is 1. The van der Waals surface area contributed by atoms with Crippen molar-refractivity contribution in [3.8, 4) is 0 Å². The molecule has 1 atom stereocenters. The maximum absolute atomic E-state index is 13.2. The molecule has 2 heterocycles. The molecule has 0 saturated carbocycles. The van der Waals surface area contributed by atoms with Crippen molar-refractivity contribution in [1.82, 2.24) is 14.2 Å². The topological polar surface area (TPSA) is 97.4 Å². The molecule has 1 fully saturated rings. The van der Waals surface area contributed by atoms with Crippen molar-refractivity contribution in [2.75, 3.05) is 19.6 Å². The van der Waals surface area contributed by atoms with E-state index in [9.17, 15) is 13.2 Å². The van der Waals surface area contributed by atoms with E-state index in [2.05, 4.69) is 12.2 Å². The van der Waals surface area contributed by atoms with Crippen LogP contribution in [-0.4, -0.2) is 42.8 Å². The van der Waals surface area contributed by atoms with E-state index >= 15 is 0 Å². The molecule has 1 saturated heterocycles. The van der Waals surface area contributed by atoms with E-state index in [0.717, 1.165) is 12.0 Å². The Hall–Kier alpha value is -2.16. The van der Waals surface area contributed by atoms with Crippen molar-refractivity contribution in [1.29, 1.82) is 0 Å². The normalized spacial score (nSPS) is 18.8. The Morgan fingerprint density at radius 1 is 1.31 bits per heavy atom. The molecular weight excluding hydrogens is 352 g/mol. The molecule has 0 bridgehead atoms. The number of rotatable bonds is 5. The summed E-state index contributed by atoms with van der Waals surface area (Å²) in [6.07, 6.45) is 2.37. The molecule has 0 radical (unpaired) electrons. The third-order valence-electron chi connectivity index (χ3n) is 4.81. The van der Waals surface area contributed by atoms with Crippen LogP contribution >= 0.6 is 0 Å². The van der Waals surface area contributed by atoms with E-state index in [0.29, 0.717) is 19.6 Å². The summed E-state index contributed by atoms with van der Waals surface area (Å²) in [5, 5.41) is 3.26. The first-order chi connectivity index (χ1) is 12.3. The number of piperazine rings is 1. The van der Waals surface area contributed by atoms with Crippen LogP contribution in [0.25, 0.3) is 0 Å². The predicted octanol–water partition coefficient (Wildman–Crippen LogP) is 1.02. The van der Waals surface area contributed by atoms with Gasteiger partial charge in [0.15, 0.2) is 0 Å². The zero-order valence-corrected chi connectivity index (χ0v) is 15.8. The largest absolute Gasteiger partial charge is 0.364 e. The average molecular weight is 376 g/mol. The van der Waals surface area contributed by atoms with Gasteiger partial charge in [0.2, 0.25) is 10.0 Å². The summed E-state index contributed by atoms with van der Waals surface area (Å²) in [5.74, 6) is -0.652. The Labute approximate surface area is 153 Å². The van der Waals surface area contributed by atoms with Crippen LogP contribution in [0.4, 0.5) is 0 Å². The fraction of sp³-hybridized carbons (Fsp3) is 0.389. The number of primary amides is 1. The minimum absolute atomic E-state index is 0.0888. The maximum atomic E-state index is 13.2. The lowest BCUT2D eigenvalue weighted by molar-refractivity contribution is 0.0992. The van der Waals surface area contributed by atoms with E-state index in [1.54, 1.807) is 7.05 Å². The first-order valence-electron chi connectivity index (χ1n) is 8.62. The SMILES string of the molecule is CCc1ccc(C2CNCCN2S(=O)(=O)c2cc(C(N)=O)n(C)c2)cc1. The lowest BCUT2D eigenvalue weighted by Gasteiger charge is -2.35. The molecule has 3 N–H and O–H groups in total. The number of carbonyl (C=O) groups excluding carboxylic acids is 1. The smallest absolute Gasteiger partial charge is 0.265 e. The zero-order valence-electron chi connectivity index (χ0n) is 15.0. The number of carbonyl (C=O) groups is 1. The number of nitrogens with two attached hydrogens (primary N) is 1. The molecular formula is C18H24N4O3S. The first-order valence-corrected chi connectivity index (χ1v) is 10.1. The van der Waals surface area contributed by atoms with Gasteiger partial charge < -0.3 is 15.6 Å². The number of nitrogens with zero attached hydrogens (tertiary/aromatic N) is 2. The number of benzene rings is 1. The number of aromatic nitrogens is 1. The van der Waals surface area contributed by atoms with Gasteiger partial charge in [0.25, 0.3) is 5.91 Å². The Balaban J connectivity index is 1.97. The van der Waals surface area contributed by atoms with Crippen molar-refractivity contribution >= 4 is 15.9 Å². The second-order valence-corrected chi connectivity index (χ2v) is 8.36. The molecule has 1 amide bonds. The number of aryl methyl sites for hydroxylation is 2. The third-order valence-corrected chi connectivity index (χ3v) is 6.68. The molecule has 1 aliphatic heterocycles. The van der Waals surface area contributed by atoms with Crippen LogP contribution in [0.3, 0.4) is 0 Å². The van der Waals surface area contributed by atoms with Crippen LogP contribution in [0.15, 0.2) is 41.4 Å². The van der Waals surface area contributed by atoms with Crippen molar-refractivity contribution in [2.45, 2.75) is 24.3 Å². The summed E-state index contributed by atoms with van der Waals surface area (Å²) in [6, 6.07) is 9.08. The van der Waals surface area contributed by atoms with Crippen molar-refractivity contribution < 1.29 is 13.2 Å². The number of hydrogen-bond acceptors (Lipinski definition) is 4. The molecule has 0 aliphatic carbocycles.